The number of rotatable bonds is 5. The molecule has 0 spiro atoms. The molecule has 0 N–H and O–H groups in total. The summed E-state index contributed by atoms with van der Waals surface area (Å²) >= 11 is 0. The number of carbonyl (C=O) groups is 1. The number of nitrogens with zero attached hydrogens (tertiary/aromatic N) is 4. The summed E-state index contributed by atoms with van der Waals surface area (Å²) in [6, 6.07) is 0. The highest BCUT2D eigenvalue weighted by molar-refractivity contribution is 6.05. The van der Waals surface area contributed by atoms with Crippen LogP contribution in [0.1, 0.15) is 67.9 Å². The van der Waals surface area contributed by atoms with E-state index in [0.717, 1.165) is 48.3 Å². The van der Waals surface area contributed by atoms with E-state index in [9.17, 15) is 4.79 Å². The van der Waals surface area contributed by atoms with E-state index < -0.39 is 0 Å². The number of fused-ring (bicyclic) bond motifs is 1. The van der Waals surface area contributed by atoms with Crippen LogP contribution in [-0.4, -0.2) is 52.6 Å². The molecule has 0 bridgehead atoms. The van der Waals surface area contributed by atoms with Crippen LogP contribution in [0.15, 0.2) is 6.20 Å². The molecule has 158 valence electrons. The SMILES string of the molecule is CCOC(=O)c1cnc2c(c(C)nn2C)c1N1CCC(OC2CCCCC2)CC1. The monoisotopic (exact) mass is 400 g/mol. The summed E-state index contributed by atoms with van der Waals surface area (Å²) in [4.78, 5) is 19.5. The van der Waals surface area contributed by atoms with Gasteiger partial charge in [-0.05, 0) is 39.5 Å². The van der Waals surface area contributed by atoms with Gasteiger partial charge in [0.2, 0.25) is 0 Å². The zero-order valence-electron chi connectivity index (χ0n) is 17.8. The van der Waals surface area contributed by atoms with Crippen LogP contribution in [0.25, 0.3) is 11.0 Å². The van der Waals surface area contributed by atoms with Crippen LogP contribution >= 0.6 is 0 Å². The second-order valence-electron chi connectivity index (χ2n) is 8.23. The smallest absolute Gasteiger partial charge is 0.341 e. The van der Waals surface area contributed by atoms with Gasteiger partial charge in [0.05, 0.1) is 35.6 Å². The van der Waals surface area contributed by atoms with Crippen molar-refractivity contribution in [3.63, 3.8) is 0 Å². The molecule has 4 rings (SSSR count). The normalized spacial score (nSPS) is 19.1. The fraction of sp³-hybridized carbons (Fsp3) is 0.682. The molecule has 1 aliphatic carbocycles. The Balaban J connectivity index is 1.57. The topological polar surface area (TPSA) is 69.5 Å². The predicted molar refractivity (Wildman–Crippen MR) is 112 cm³/mol. The lowest BCUT2D eigenvalue weighted by Gasteiger charge is -2.36. The minimum atomic E-state index is -0.319. The van der Waals surface area contributed by atoms with Crippen molar-refractivity contribution in [1.29, 1.82) is 0 Å². The zero-order chi connectivity index (χ0) is 20.4. The Kier molecular flexibility index (Phi) is 6.04. The number of piperidine rings is 1. The van der Waals surface area contributed by atoms with Crippen molar-refractivity contribution in [3.8, 4) is 0 Å². The number of anilines is 1. The lowest BCUT2D eigenvalue weighted by atomic mass is 9.97. The first-order chi connectivity index (χ1) is 14.1. The number of carbonyl (C=O) groups excluding carboxylic acids is 1. The van der Waals surface area contributed by atoms with E-state index in [1.54, 1.807) is 10.9 Å². The van der Waals surface area contributed by atoms with E-state index in [-0.39, 0.29) is 5.97 Å². The maximum absolute atomic E-state index is 12.7. The number of hydrogen-bond donors (Lipinski definition) is 0. The van der Waals surface area contributed by atoms with Gasteiger partial charge < -0.3 is 14.4 Å². The Hall–Kier alpha value is -2.15. The molecule has 0 atom stereocenters. The van der Waals surface area contributed by atoms with Crippen molar-refractivity contribution in [3.05, 3.63) is 17.5 Å². The molecular weight excluding hydrogens is 368 g/mol. The zero-order valence-corrected chi connectivity index (χ0v) is 17.8. The van der Waals surface area contributed by atoms with Crippen LogP contribution in [-0.2, 0) is 16.5 Å². The lowest BCUT2D eigenvalue weighted by molar-refractivity contribution is -0.0395. The third kappa shape index (κ3) is 4.10. The van der Waals surface area contributed by atoms with Crippen molar-refractivity contribution >= 4 is 22.7 Å². The summed E-state index contributed by atoms with van der Waals surface area (Å²) < 4.78 is 13.5. The van der Waals surface area contributed by atoms with E-state index >= 15 is 0 Å². The van der Waals surface area contributed by atoms with E-state index in [0.29, 0.717) is 24.4 Å². The summed E-state index contributed by atoms with van der Waals surface area (Å²) in [5.74, 6) is -0.319. The van der Waals surface area contributed by atoms with Crippen LogP contribution in [0.5, 0.6) is 0 Å². The van der Waals surface area contributed by atoms with Gasteiger partial charge in [-0.1, -0.05) is 19.3 Å². The van der Waals surface area contributed by atoms with Crippen molar-refractivity contribution in [2.45, 2.75) is 71.0 Å². The van der Waals surface area contributed by atoms with Gasteiger partial charge in [-0.15, -0.1) is 0 Å². The Morgan fingerprint density at radius 3 is 2.52 bits per heavy atom. The average molecular weight is 401 g/mol. The molecule has 1 saturated carbocycles. The van der Waals surface area contributed by atoms with Crippen LogP contribution in [0, 0.1) is 6.92 Å². The minimum absolute atomic E-state index is 0.313. The number of aromatic nitrogens is 3. The quantitative estimate of drug-likeness (QED) is 0.712. The molecule has 1 aliphatic heterocycles. The van der Waals surface area contributed by atoms with Crippen LogP contribution in [0.3, 0.4) is 0 Å². The first-order valence-corrected chi connectivity index (χ1v) is 11.0. The number of pyridine rings is 1. The van der Waals surface area contributed by atoms with Gasteiger partial charge in [-0.2, -0.15) is 5.10 Å². The predicted octanol–water partition coefficient (Wildman–Crippen LogP) is 3.77. The Morgan fingerprint density at radius 2 is 1.83 bits per heavy atom. The molecule has 2 fully saturated rings. The van der Waals surface area contributed by atoms with Crippen molar-refractivity contribution < 1.29 is 14.3 Å². The van der Waals surface area contributed by atoms with E-state index in [1.807, 2.05) is 20.9 Å². The Morgan fingerprint density at radius 1 is 1.14 bits per heavy atom. The Labute approximate surface area is 172 Å². The lowest BCUT2D eigenvalue weighted by Crippen LogP contribution is -2.39. The van der Waals surface area contributed by atoms with Gasteiger partial charge >= 0.3 is 5.97 Å². The van der Waals surface area contributed by atoms with Gasteiger partial charge in [0.1, 0.15) is 5.56 Å². The van der Waals surface area contributed by atoms with Crippen molar-refractivity contribution in [2.75, 3.05) is 24.6 Å². The molecule has 7 heteroatoms. The molecule has 1 saturated heterocycles. The van der Waals surface area contributed by atoms with Gasteiger partial charge in [-0.25, -0.2) is 9.78 Å². The summed E-state index contributed by atoms with van der Waals surface area (Å²) in [5, 5.41) is 5.48. The number of aryl methyl sites for hydroxylation is 2. The highest BCUT2D eigenvalue weighted by Gasteiger charge is 2.29. The first-order valence-electron chi connectivity index (χ1n) is 11.0. The number of ether oxygens (including phenoxy) is 2. The third-order valence-corrected chi connectivity index (χ3v) is 6.19. The fourth-order valence-corrected chi connectivity index (χ4v) is 4.77. The number of esters is 1. The molecule has 2 aliphatic rings. The maximum atomic E-state index is 12.7. The highest BCUT2D eigenvalue weighted by atomic mass is 16.5. The van der Waals surface area contributed by atoms with Gasteiger partial charge in [0, 0.05) is 26.3 Å². The third-order valence-electron chi connectivity index (χ3n) is 6.19. The van der Waals surface area contributed by atoms with Gasteiger partial charge in [0.15, 0.2) is 5.65 Å². The summed E-state index contributed by atoms with van der Waals surface area (Å²) in [6.07, 6.45) is 10.7. The van der Waals surface area contributed by atoms with Crippen molar-refractivity contribution in [1.82, 2.24) is 14.8 Å². The van der Waals surface area contributed by atoms with Crippen LogP contribution < -0.4 is 4.90 Å². The standard InChI is InChI=1S/C22H32N4O3/c1-4-28-22(27)18-14-23-21-19(15(2)24-25(21)3)20(18)26-12-10-17(11-13-26)29-16-8-6-5-7-9-16/h14,16-17H,4-13H2,1-3H3. The maximum Gasteiger partial charge on any atom is 0.341 e. The highest BCUT2D eigenvalue weighted by Crippen LogP contribution is 2.35. The second kappa shape index (κ2) is 8.69. The molecule has 3 heterocycles. The van der Waals surface area contributed by atoms with E-state index in [4.69, 9.17) is 9.47 Å². The molecule has 29 heavy (non-hydrogen) atoms. The van der Waals surface area contributed by atoms with E-state index in [2.05, 4.69) is 15.0 Å². The molecule has 2 aromatic heterocycles. The fourth-order valence-electron chi connectivity index (χ4n) is 4.77. The first kappa shape index (κ1) is 20.1. The second-order valence-corrected chi connectivity index (χ2v) is 8.23. The summed E-state index contributed by atoms with van der Waals surface area (Å²) in [7, 11) is 1.89. The summed E-state index contributed by atoms with van der Waals surface area (Å²) in [6.45, 7) is 5.86. The van der Waals surface area contributed by atoms with Gasteiger partial charge in [-0.3, -0.25) is 4.68 Å². The molecule has 0 radical (unpaired) electrons. The minimum Gasteiger partial charge on any atom is -0.462 e. The van der Waals surface area contributed by atoms with Crippen LogP contribution in [0.2, 0.25) is 0 Å². The molecule has 7 nitrogen and oxygen atoms in total. The molecule has 0 amide bonds. The molecule has 0 unspecified atom stereocenters. The molecule has 0 aromatic carbocycles. The van der Waals surface area contributed by atoms with Gasteiger partial charge in [0.25, 0.3) is 0 Å². The molecular formula is C22H32N4O3. The van der Waals surface area contributed by atoms with Crippen LogP contribution in [0.4, 0.5) is 5.69 Å². The summed E-state index contributed by atoms with van der Waals surface area (Å²) in [5.41, 5.74) is 3.13. The largest absolute Gasteiger partial charge is 0.462 e. The average Bonchev–Trinajstić information content (AvgIpc) is 3.03. The number of hydrogen-bond acceptors (Lipinski definition) is 6. The Bertz CT molecular complexity index is 865. The van der Waals surface area contributed by atoms with Crippen molar-refractivity contribution in [2.24, 2.45) is 7.05 Å². The van der Waals surface area contributed by atoms with E-state index in [1.165, 1.54) is 32.1 Å². The molecule has 2 aromatic rings.